The summed E-state index contributed by atoms with van der Waals surface area (Å²) in [6, 6.07) is 0.791. The Balaban J connectivity index is 1.88. The van der Waals surface area contributed by atoms with Crippen molar-refractivity contribution in [3.05, 3.63) is 0 Å². The molecule has 0 spiro atoms. The zero-order valence-electron chi connectivity index (χ0n) is 8.92. The molecular weight excluding hydrogens is 160 g/mol. The normalized spacial score (nSPS) is 38.1. The number of nitrogens with zero attached hydrogens (tertiary/aromatic N) is 1. The van der Waals surface area contributed by atoms with Crippen LogP contribution in [0.3, 0.4) is 0 Å². The Morgan fingerprint density at radius 3 is 2.46 bits per heavy atom. The van der Waals surface area contributed by atoms with Gasteiger partial charge in [0, 0.05) is 19.1 Å². The van der Waals surface area contributed by atoms with Gasteiger partial charge >= 0.3 is 0 Å². The van der Waals surface area contributed by atoms with Crippen LogP contribution in [-0.2, 0) is 0 Å². The van der Waals surface area contributed by atoms with Gasteiger partial charge in [-0.25, -0.2) is 0 Å². The lowest BCUT2D eigenvalue weighted by Crippen LogP contribution is -2.36. The summed E-state index contributed by atoms with van der Waals surface area (Å²) in [4.78, 5) is 2.64. The molecule has 0 aromatic heterocycles. The third kappa shape index (κ3) is 1.89. The molecule has 0 aromatic carbocycles. The second-order valence-electron chi connectivity index (χ2n) is 5.32. The van der Waals surface area contributed by atoms with Gasteiger partial charge in [0.15, 0.2) is 0 Å². The van der Waals surface area contributed by atoms with Crippen molar-refractivity contribution in [2.45, 2.75) is 39.2 Å². The van der Waals surface area contributed by atoms with E-state index in [1.165, 1.54) is 32.4 Å². The molecule has 1 heterocycles. The van der Waals surface area contributed by atoms with Gasteiger partial charge in [0.1, 0.15) is 0 Å². The van der Waals surface area contributed by atoms with Gasteiger partial charge in [-0.3, -0.25) is 4.90 Å². The Morgan fingerprint density at radius 1 is 1.38 bits per heavy atom. The van der Waals surface area contributed by atoms with E-state index in [0.29, 0.717) is 5.41 Å². The summed E-state index contributed by atoms with van der Waals surface area (Å²) in [5.41, 5.74) is 6.33. The Labute approximate surface area is 81.5 Å². The maximum atomic E-state index is 5.80. The summed E-state index contributed by atoms with van der Waals surface area (Å²) < 4.78 is 0. The third-order valence-electron chi connectivity index (χ3n) is 3.84. The fraction of sp³-hybridized carbons (Fsp3) is 1.00. The van der Waals surface area contributed by atoms with Crippen LogP contribution in [0.4, 0.5) is 0 Å². The highest BCUT2D eigenvalue weighted by molar-refractivity contribution is 4.98. The lowest BCUT2D eigenvalue weighted by molar-refractivity contribution is 0.214. The first-order valence-corrected chi connectivity index (χ1v) is 5.59. The first kappa shape index (κ1) is 9.47. The highest BCUT2D eigenvalue weighted by Crippen LogP contribution is 2.46. The van der Waals surface area contributed by atoms with Gasteiger partial charge < -0.3 is 5.73 Å². The predicted octanol–water partition coefficient (Wildman–Crippen LogP) is 1.46. The van der Waals surface area contributed by atoms with Crippen LogP contribution in [0.25, 0.3) is 0 Å². The van der Waals surface area contributed by atoms with Crippen molar-refractivity contribution in [2.24, 2.45) is 17.1 Å². The van der Waals surface area contributed by atoms with Gasteiger partial charge in [-0.15, -0.1) is 0 Å². The van der Waals surface area contributed by atoms with Crippen LogP contribution in [0, 0.1) is 11.3 Å². The van der Waals surface area contributed by atoms with E-state index in [0.717, 1.165) is 18.5 Å². The minimum atomic E-state index is 0.526. The Hall–Kier alpha value is -0.0800. The molecule has 76 valence electrons. The Kier molecular flexibility index (Phi) is 2.37. The van der Waals surface area contributed by atoms with E-state index in [4.69, 9.17) is 5.73 Å². The van der Waals surface area contributed by atoms with Gasteiger partial charge in [-0.05, 0) is 44.1 Å². The van der Waals surface area contributed by atoms with Crippen molar-refractivity contribution in [1.82, 2.24) is 4.90 Å². The van der Waals surface area contributed by atoms with Crippen molar-refractivity contribution in [3.63, 3.8) is 0 Å². The fourth-order valence-electron chi connectivity index (χ4n) is 2.64. The molecule has 1 saturated carbocycles. The largest absolute Gasteiger partial charge is 0.330 e. The molecule has 2 heteroatoms. The van der Waals surface area contributed by atoms with Crippen molar-refractivity contribution >= 4 is 0 Å². The first-order chi connectivity index (χ1) is 6.15. The summed E-state index contributed by atoms with van der Waals surface area (Å²) in [6.07, 6.45) is 4.10. The zero-order chi connectivity index (χ0) is 9.47. The molecule has 13 heavy (non-hydrogen) atoms. The maximum Gasteiger partial charge on any atom is 0.00702 e. The summed E-state index contributed by atoms with van der Waals surface area (Å²) in [5.74, 6) is 0.892. The van der Waals surface area contributed by atoms with Gasteiger partial charge in [-0.2, -0.15) is 0 Å². The van der Waals surface area contributed by atoms with Gasteiger partial charge in [0.2, 0.25) is 0 Å². The summed E-state index contributed by atoms with van der Waals surface area (Å²) >= 11 is 0. The van der Waals surface area contributed by atoms with Crippen molar-refractivity contribution in [1.29, 1.82) is 0 Å². The average Bonchev–Trinajstić information content (AvgIpc) is 2.77. The number of likely N-dealkylation sites (tertiary alicyclic amines) is 1. The van der Waals surface area contributed by atoms with Crippen LogP contribution in [-0.4, -0.2) is 30.6 Å². The van der Waals surface area contributed by atoms with Crippen molar-refractivity contribution < 1.29 is 0 Å². The van der Waals surface area contributed by atoms with Gasteiger partial charge in [0.25, 0.3) is 0 Å². The Morgan fingerprint density at radius 2 is 2.08 bits per heavy atom. The number of rotatable bonds is 3. The predicted molar refractivity (Wildman–Crippen MR) is 55.5 cm³/mol. The van der Waals surface area contributed by atoms with Gasteiger partial charge in [0.05, 0.1) is 0 Å². The summed E-state index contributed by atoms with van der Waals surface area (Å²) in [5, 5.41) is 0. The maximum absolute atomic E-state index is 5.80. The van der Waals surface area contributed by atoms with Crippen LogP contribution in [0.15, 0.2) is 0 Å². The molecule has 0 bridgehead atoms. The van der Waals surface area contributed by atoms with E-state index < -0.39 is 0 Å². The molecular formula is C11H22N2. The zero-order valence-corrected chi connectivity index (χ0v) is 8.92. The van der Waals surface area contributed by atoms with E-state index in [-0.39, 0.29) is 0 Å². The van der Waals surface area contributed by atoms with Crippen LogP contribution in [0.2, 0.25) is 0 Å². The second-order valence-corrected chi connectivity index (χ2v) is 5.32. The van der Waals surface area contributed by atoms with Crippen LogP contribution < -0.4 is 5.73 Å². The lowest BCUT2D eigenvalue weighted by atomic mass is 10.1. The van der Waals surface area contributed by atoms with E-state index >= 15 is 0 Å². The smallest absolute Gasteiger partial charge is 0.00702 e. The lowest BCUT2D eigenvalue weighted by Gasteiger charge is -2.26. The quantitative estimate of drug-likeness (QED) is 0.716. The van der Waals surface area contributed by atoms with Crippen LogP contribution in [0.5, 0.6) is 0 Å². The number of hydrogen-bond donors (Lipinski definition) is 1. The average molecular weight is 182 g/mol. The van der Waals surface area contributed by atoms with Crippen molar-refractivity contribution in [2.75, 3.05) is 19.6 Å². The highest BCUT2D eigenvalue weighted by Gasteiger charge is 2.44. The molecule has 2 unspecified atom stereocenters. The SMILES string of the molecule is CC1CC(C)N(CC2(CN)CC2)C1. The van der Waals surface area contributed by atoms with Crippen molar-refractivity contribution in [3.8, 4) is 0 Å². The van der Waals surface area contributed by atoms with Crippen LogP contribution >= 0.6 is 0 Å². The molecule has 2 atom stereocenters. The Bertz CT molecular complexity index is 187. The molecule has 1 aliphatic heterocycles. The van der Waals surface area contributed by atoms with E-state index in [1.807, 2.05) is 0 Å². The standard InChI is InChI=1S/C11H22N2/c1-9-5-10(2)13(6-9)8-11(7-12)3-4-11/h9-10H,3-8,12H2,1-2H3. The molecule has 0 radical (unpaired) electrons. The minimum Gasteiger partial charge on any atom is -0.330 e. The molecule has 0 aromatic rings. The monoisotopic (exact) mass is 182 g/mol. The molecule has 1 saturated heterocycles. The molecule has 2 N–H and O–H groups in total. The summed E-state index contributed by atoms with van der Waals surface area (Å²) in [7, 11) is 0. The third-order valence-corrected chi connectivity index (χ3v) is 3.84. The van der Waals surface area contributed by atoms with Crippen LogP contribution in [0.1, 0.15) is 33.1 Å². The van der Waals surface area contributed by atoms with Gasteiger partial charge in [-0.1, -0.05) is 6.92 Å². The topological polar surface area (TPSA) is 29.3 Å². The second kappa shape index (κ2) is 3.25. The first-order valence-electron chi connectivity index (χ1n) is 5.59. The number of hydrogen-bond acceptors (Lipinski definition) is 2. The number of nitrogens with two attached hydrogens (primary N) is 1. The molecule has 2 aliphatic rings. The van der Waals surface area contributed by atoms with E-state index in [2.05, 4.69) is 18.7 Å². The fourth-order valence-corrected chi connectivity index (χ4v) is 2.64. The van der Waals surface area contributed by atoms with E-state index in [1.54, 1.807) is 0 Å². The molecule has 2 fully saturated rings. The van der Waals surface area contributed by atoms with E-state index in [9.17, 15) is 0 Å². The highest BCUT2D eigenvalue weighted by atomic mass is 15.2. The summed E-state index contributed by atoms with van der Waals surface area (Å²) in [6.45, 7) is 8.16. The minimum absolute atomic E-state index is 0.526. The molecule has 0 amide bonds. The molecule has 2 rings (SSSR count). The molecule has 1 aliphatic carbocycles. The molecule has 2 nitrogen and oxygen atoms in total.